The average molecular weight is 428 g/mol. The smallest absolute Gasteiger partial charge is 0.222 e. The highest BCUT2D eigenvalue weighted by Crippen LogP contribution is 2.28. The van der Waals surface area contributed by atoms with Gasteiger partial charge in [-0.3, -0.25) is 9.59 Å². The number of likely N-dealkylation sites (tertiary alicyclic amines) is 1. The van der Waals surface area contributed by atoms with Crippen LogP contribution in [0.3, 0.4) is 0 Å². The van der Waals surface area contributed by atoms with Crippen molar-refractivity contribution >= 4 is 17.6 Å². The zero-order chi connectivity index (χ0) is 22.4. The predicted octanol–water partition coefficient (Wildman–Crippen LogP) is 2.97. The molecule has 8 heteroatoms. The van der Waals surface area contributed by atoms with Crippen molar-refractivity contribution in [2.45, 2.75) is 45.1 Å². The van der Waals surface area contributed by atoms with Crippen LogP contribution in [0.1, 0.15) is 49.2 Å². The standard InChI is InChI=1S/C23H30FN5O2/c1-16(30)28(3)15-22-26-20(14-21(25-2)27-22)18-10-12-29(13-11-18)23(31)9-6-17-4-7-19(24)8-5-17/h4-5,7-8,14,18H,6,9-13,15H2,1-3H3,(H,25,26,27). The molecular formula is C23H30FN5O2. The second kappa shape index (κ2) is 10.3. The Hall–Kier alpha value is -3.03. The number of hydrogen-bond donors (Lipinski definition) is 1. The minimum Gasteiger partial charge on any atom is -0.373 e. The molecule has 0 unspecified atom stereocenters. The number of aromatic nitrogens is 2. The molecule has 1 fully saturated rings. The lowest BCUT2D eigenvalue weighted by Crippen LogP contribution is -2.38. The Morgan fingerprint density at radius 1 is 1.19 bits per heavy atom. The molecule has 2 amide bonds. The molecule has 7 nitrogen and oxygen atoms in total. The second-order valence-electron chi connectivity index (χ2n) is 8.00. The number of carbonyl (C=O) groups is 2. The maximum absolute atomic E-state index is 13.0. The number of rotatable bonds is 7. The quantitative estimate of drug-likeness (QED) is 0.735. The van der Waals surface area contributed by atoms with Gasteiger partial charge < -0.3 is 15.1 Å². The minimum absolute atomic E-state index is 0.0348. The molecule has 0 spiro atoms. The van der Waals surface area contributed by atoms with E-state index in [9.17, 15) is 14.0 Å². The average Bonchev–Trinajstić information content (AvgIpc) is 2.78. The van der Waals surface area contributed by atoms with Crippen LogP contribution in [0.2, 0.25) is 0 Å². The van der Waals surface area contributed by atoms with Crippen molar-refractivity contribution in [3.63, 3.8) is 0 Å². The number of aryl methyl sites for hydroxylation is 1. The van der Waals surface area contributed by atoms with E-state index in [4.69, 9.17) is 4.98 Å². The first-order valence-electron chi connectivity index (χ1n) is 10.6. The van der Waals surface area contributed by atoms with Crippen LogP contribution in [0.5, 0.6) is 0 Å². The zero-order valence-corrected chi connectivity index (χ0v) is 18.4. The van der Waals surface area contributed by atoms with E-state index in [1.807, 2.05) is 18.0 Å². The van der Waals surface area contributed by atoms with Gasteiger partial charge in [0.05, 0.1) is 6.54 Å². The number of halogens is 1. The molecular weight excluding hydrogens is 397 g/mol. The monoisotopic (exact) mass is 427 g/mol. The van der Waals surface area contributed by atoms with Crippen LogP contribution in [-0.2, 0) is 22.6 Å². The summed E-state index contributed by atoms with van der Waals surface area (Å²) in [5, 5.41) is 3.07. The summed E-state index contributed by atoms with van der Waals surface area (Å²) in [4.78, 5) is 36.8. The van der Waals surface area contributed by atoms with Gasteiger partial charge in [-0.25, -0.2) is 14.4 Å². The lowest BCUT2D eigenvalue weighted by atomic mass is 9.92. The van der Waals surface area contributed by atoms with Gasteiger partial charge in [0.2, 0.25) is 11.8 Å². The van der Waals surface area contributed by atoms with E-state index in [0.29, 0.717) is 38.3 Å². The molecule has 1 aromatic carbocycles. The van der Waals surface area contributed by atoms with Crippen LogP contribution in [-0.4, -0.2) is 58.8 Å². The number of piperidine rings is 1. The largest absolute Gasteiger partial charge is 0.373 e. The number of nitrogens with one attached hydrogen (secondary N) is 1. The summed E-state index contributed by atoms with van der Waals surface area (Å²) in [6, 6.07) is 8.26. The zero-order valence-electron chi connectivity index (χ0n) is 18.4. The maximum Gasteiger partial charge on any atom is 0.222 e. The first-order chi connectivity index (χ1) is 14.9. The van der Waals surface area contributed by atoms with Gasteiger partial charge in [0.25, 0.3) is 0 Å². The molecule has 1 aliphatic heterocycles. The molecule has 0 atom stereocenters. The first-order valence-corrected chi connectivity index (χ1v) is 10.6. The summed E-state index contributed by atoms with van der Waals surface area (Å²) in [5.41, 5.74) is 1.91. The van der Waals surface area contributed by atoms with E-state index >= 15 is 0 Å². The number of benzene rings is 1. The summed E-state index contributed by atoms with van der Waals surface area (Å²) in [7, 11) is 3.54. The van der Waals surface area contributed by atoms with E-state index in [1.54, 1.807) is 24.1 Å². The van der Waals surface area contributed by atoms with Crippen LogP contribution >= 0.6 is 0 Å². The second-order valence-corrected chi connectivity index (χ2v) is 8.00. The van der Waals surface area contributed by atoms with Crippen LogP contribution < -0.4 is 5.32 Å². The molecule has 3 rings (SSSR count). The fourth-order valence-electron chi connectivity index (χ4n) is 3.73. The summed E-state index contributed by atoms with van der Waals surface area (Å²) in [5.74, 6) is 1.42. The van der Waals surface area contributed by atoms with Gasteiger partial charge in [-0.1, -0.05) is 12.1 Å². The summed E-state index contributed by atoms with van der Waals surface area (Å²) in [6.45, 7) is 3.26. The number of anilines is 1. The summed E-state index contributed by atoms with van der Waals surface area (Å²) < 4.78 is 13.0. The molecule has 1 saturated heterocycles. The van der Waals surface area contributed by atoms with Gasteiger partial charge in [-0.2, -0.15) is 0 Å². The highest BCUT2D eigenvalue weighted by molar-refractivity contribution is 5.76. The Bertz CT molecular complexity index is 911. The van der Waals surface area contributed by atoms with Crippen LogP contribution in [0.25, 0.3) is 0 Å². The van der Waals surface area contributed by atoms with Gasteiger partial charge in [0.1, 0.15) is 17.5 Å². The molecule has 2 heterocycles. The first kappa shape index (κ1) is 22.7. The van der Waals surface area contributed by atoms with Crippen molar-refractivity contribution < 1.29 is 14.0 Å². The molecule has 1 aliphatic rings. The SMILES string of the molecule is CNc1cc(C2CCN(C(=O)CCc3ccc(F)cc3)CC2)nc(CN(C)C(C)=O)n1. The molecule has 2 aromatic rings. The minimum atomic E-state index is -0.264. The number of amides is 2. The lowest BCUT2D eigenvalue weighted by Gasteiger charge is -2.32. The van der Waals surface area contributed by atoms with Crippen LogP contribution in [0.4, 0.5) is 10.2 Å². The Morgan fingerprint density at radius 3 is 2.48 bits per heavy atom. The number of nitrogens with zero attached hydrogens (tertiary/aromatic N) is 4. The summed E-state index contributed by atoms with van der Waals surface area (Å²) in [6.07, 6.45) is 2.72. The fraction of sp³-hybridized carbons (Fsp3) is 0.478. The summed E-state index contributed by atoms with van der Waals surface area (Å²) >= 11 is 0. The highest BCUT2D eigenvalue weighted by Gasteiger charge is 2.25. The van der Waals surface area contributed by atoms with Crippen molar-refractivity contribution in [1.82, 2.24) is 19.8 Å². The van der Waals surface area contributed by atoms with Crippen molar-refractivity contribution in [1.29, 1.82) is 0 Å². The van der Waals surface area contributed by atoms with E-state index in [-0.39, 0.29) is 23.5 Å². The van der Waals surface area contributed by atoms with E-state index < -0.39 is 0 Å². The van der Waals surface area contributed by atoms with Crippen LogP contribution in [0, 0.1) is 5.82 Å². The van der Waals surface area contributed by atoms with Crippen molar-refractivity contribution in [2.24, 2.45) is 0 Å². The molecule has 0 radical (unpaired) electrons. The van der Waals surface area contributed by atoms with Gasteiger partial charge in [0.15, 0.2) is 0 Å². The van der Waals surface area contributed by atoms with E-state index in [0.717, 1.165) is 29.9 Å². The van der Waals surface area contributed by atoms with Gasteiger partial charge >= 0.3 is 0 Å². The normalized spacial score (nSPS) is 14.4. The van der Waals surface area contributed by atoms with Crippen molar-refractivity contribution in [3.05, 3.63) is 53.2 Å². The number of hydrogen-bond acceptors (Lipinski definition) is 5. The van der Waals surface area contributed by atoms with Crippen LogP contribution in [0.15, 0.2) is 30.3 Å². The molecule has 0 saturated carbocycles. The van der Waals surface area contributed by atoms with Gasteiger partial charge in [-0.05, 0) is 37.0 Å². The molecule has 0 bridgehead atoms. The fourth-order valence-corrected chi connectivity index (χ4v) is 3.73. The highest BCUT2D eigenvalue weighted by atomic mass is 19.1. The third-order valence-corrected chi connectivity index (χ3v) is 5.77. The third kappa shape index (κ3) is 6.23. The van der Waals surface area contributed by atoms with Gasteiger partial charge in [0, 0.05) is 58.2 Å². The van der Waals surface area contributed by atoms with E-state index in [2.05, 4.69) is 10.3 Å². The Kier molecular flexibility index (Phi) is 7.55. The Balaban J connectivity index is 1.57. The predicted molar refractivity (Wildman–Crippen MR) is 117 cm³/mol. The van der Waals surface area contributed by atoms with Crippen molar-refractivity contribution in [3.8, 4) is 0 Å². The lowest BCUT2D eigenvalue weighted by molar-refractivity contribution is -0.132. The van der Waals surface area contributed by atoms with Gasteiger partial charge in [-0.15, -0.1) is 0 Å². The molecule has 0 aliphatic carbocycles. The van der Waals surface area contributed by atoms with Crippen molar-refractivity contribution in [2.75, 3.05) is 32.5 Å². The third-order valence-electron chi connectivity index (χ3n) is 5.77. The van der Waals surface area contributed by atoms with E-state index in [1.165, 1.54) is 19.1 Å². The Morgan fingerprint density at radius 2 is 1.87 bits per heavy atom. The molecule has 166 valence electrons. The Labute approximate surface area is 182 Å². The maximum atomic E-state index is 13.0. The molecule has 1 N–H and O–H groups in total. The number of carbonyl (C=O) groups excluding carboxylic acids is 2. The molecule has 1 aromatic heterocycles. The topological polar surface area (TPSA) is 78.4 Å². The molecule has 31 heavy (non-hydrogen) atoms.